The van der Waals surface area contributed by atoms with Crippen molar-refractivity contribution in [2.75, 3.05) is 18.5 Å². The Morgan fingerprint density at radius 1 is 1.08 bits per heavy atom. The second-order valence-corrected chi connectivity index (χ2v) is 8.09. The number of nitrogens with zero attached hydrogens (tertiary/aromatic N) is 3. The van der Waals surface area contributed by atoms with Crippen molar-refractivity contribution in [3.05, 3.63) is 60.0 Å². The maximum atomic E-state index is 13.0. The fourth-order valence-corrected chi connectivity index (χ4v) is 3.55. The van der Waals surface area contributed by atoms with Gasteiger partial charge in [-0.1, -0.05) is 0 Å². The summed E-state index contributed by atoms with van der Waals surface area (Å²) in [6, 6.07) is 10.8. The molecule has 1 aromatic carbocycles. The summed E-state index contributed by atoms with van der Waals surface area (Å²) in [5, 5.41) is 31.7. The number of rotatable bonds is 7. The van der Waals surface area contributed by atoms with E-state index in [4.69, 9.17) is 0 Å². The Balaban J connectivity index is 0.00000380. The first kappa shape index (κ1) is 27.7. The molecule has 5 N–H and O–H groups in total. The Morgan fingerprint density at radius 3 is 2.46 bits per heavy atom. The zero-order valence-electron chi connectivity index (χ0n) is 19.4. The fourth-order valence-electron chi connectivity index (χ4n) is 3.55. The van der Waals surface area contributed by atoms with E-state index in [1.54, 1.807) is 36.5 Å². The number of nitrogens with one attached hydrogen (secondary N) is 2. The number of anilines is 1. The maximum absolute atomic E-state index is 13.0. The summed E-state index contributed by atoms with van der Waals surface area (Å²) < 4.78 is 36.9. The molecule has 1 amide bonds. The maximum Gasteiger partial charge on any atom is 0.390 e. The quantitative estimate of drug-likeness (QED) is 0.158. The van der Waals surface area contributed by atoms with Gasteiger partial charge >= 0.3 is 6.18 Å². The van der Waals surface area contributed by atoms with Crippen molar-refractivity contribution in [2.45, 2.75) is 19.1 Å². The summed E-state index contributed by atoms with van der Waals surface area (Å²) in [4.78, 5) is 25.9. The van der Waals surface area contributed by atoms with Crippen molar-refractivity contribution in [3.63, 3.8) is 0 Å². The van der Waals surface area contributed by atoms with Crippen LogP contribution in [0.2, 0.25) is 0 Å². The minimum atomic E-state index is -4.22. The lowest BCUT2D eigenvalue weighted by atomic mass is 10.1. The van der Waals surface area contributed by atoms with Gasteiger partial charge in [-0.05, 0) is 30.3 Å². The number of phenols is 3. The number of hydrogen-bond donors (Lipinski definition) is 5. The fraction of sp³-hybridized carbons (Fsp3) is 0.208. The largest absolute Gasteiger partial charge is 0.504 e. The molecule has 0 saturated carbocycles. The third-order valence-corrected chi connectivity index (χ3v) is 5.46. The molecule has 0 aliphatic rings. The van der Waals surface area contributed by atoms with Crippen molar-refractivity contribution in [3.8, 4) is 28.5 Å². The number of aromatic hydroxyl groups is 3. The first-order valence-corrected chi connectivity index (χ1v) is 10.8. The van der Waals surface area contributed by atoms with Gasteiger partial charge < -0.3 is 30.5 Å². The Labute approximate surface area is 219 Å². The summed E-state index contributed by atoms with van der Waals surface area (Å²) in [5.74, 6) is -2.30. The Kier molecular flexibility index (Phi) is 8.28. The zero-order chi connectivity index (χ0) is 26.0. The molecular formula is C24H23BrF3N5O4. The predicted molar refractivity (Wildman–Crippen MR) is 136 cm³/mol. The van der Waals surface area contributed by atoms with E-state index in [1.165, 1.54) is 11.9 Å². The number of halogens is 4. The number of aromatic amines is 1. The highest BCUT2D eigenvalue weighted by Crippen LogP contribution is 2.38. The van der Waals surface area contributed by atoms with E-state index in [9.17, 15) is 33.3 Å². The first-order chi connectivity index (χ1) is 17.0. The molecule has 9 nitrogen and oxygen atoms in total. The Bertz CT molecular complexity index is 1400. The Morgan fingerprint density at radius 2 is 1.78 bits per heavy atom. The average molecular weight is 582 g/mol. The summed E-state index contributed by atoms with van der Waals surface area (Å²) in [6.45, 7) is -0.0404. The second-order valence-electron chi connectivity index (χ2n) is 8.09. The van der Waals surface area contributed by atoms with E-state index < -0.39 is 35.8 Å². The number of benzene rings is 1. The molecule has 4 rings (SSSR count). The van der Waals surface area contributed by atoms with Gasteiger partial charge in [0.05, 0.1) is 34.5 Å². The number of pyridine rings is 2. The van der Waals surface area contributed by atoms with E-state index in [0.29, 0.717) is 28.0 Å². The van der Waals surface area contributed by atoms with Crippen molar-refractivity contribution < 1.29 is 33.3 Å². The number of H-pyrrole nitrogens is 1. The molecule has 3 heterocycles. The van der Waals surface area contributed by atoms with Gasteiger partial charge in [-0.2, -0.15) is 13.2 Å². The van der Waals surface area contributed by atoms with Crippen molar-refractivity contribution in [1.29, 1.82) is 0 Å². The average Bonchev–Trinajstić information content (AvgIpc) is 3.27. The van der Waals surface area contributed by atoms with Crippen molar-refractivity contribution in [2.24, 2.45) is 0 Å². The van der Waals surface area contributed by atoms with Gasteiger partial charge in [0.25, 0.3) is 5.91 Å². The van der Waals surface area contributed by atoms with Gasteiger partial charge in [0.15, 0.2) is 17.2 Å². The smallest absolute Gasteiger partial charge is 0.390 e. The molecule has 0 unspecified atom stereocenters. The van der Waals surface area contributed by atoms with Crippen LogP contribution in [0.3, 0.4) is 0 Å². The SMILES string of the molecule is Br.CN(C(=O)c1cc2nc(-c3ccnc(CNCCC(F)(F)F)c3)ccc2[nH]1)c1cc(O)c(O)c(O)c1. The monoisotopic (exact) mass is 581 g/mol. The third kappa shape index (κ3) is 6.49. The highest BCUT2D eigenvalue weighted by molar-refractivity contribution is 8.93. The van der Waals surface area contributed by atoms with Crippen molar-refractivity contribution >= 4 is 39.6 Å². The van der Waals surface area contributed by atoms with Crippen LogP contribution in [0.4, 0.5) is 18.9 Å². The summed E-state index contributed by atoms with van der Waals surface area (Å²) in [5.41, 5.74) is 3.31. The second kappa shape index (κ2) is 11.0. The molecule has 0 spiro atoms. The molecule has 0 aliphatic heterocycles. The highest BCUT2D eigenvalue weighted by Gasteiger charge is 2.26. The molecule has 4 aromatic rings. The van der Waals surface area contributed by atoms with Crippen LogP contribution >= 0.6 is 17.0 Å². The normalized spacial score (nSPS) is 11.4. The summed E-state index contributed by atoms with van der Waals surface area (Å²) in [6.07, 6.45) is -3.60. The lowest BCUT2D eigenvalue weighted by Crippen LogP contribution is -2.26. The van der Waals surface area contributed by atoms with E-state index in [2.05, 4.69) is 20.3 Å². The lowest BCUT2D eigenvalue weighted by molar-refractivity contribution is -0.133. The number of aromatic nitrogens is 3. The molecule has 0 atom stereocenters. The van der Waals surface area contributed by atoms with E-state index in [0.717, 1.165) is 12.1 Å². The molecule has 3 aromatic heterocycles. The number of fused-ring (bicyclic) bond motifs is 1. The standard InChI is InChI=1S/C24H22F3N5O4.BrH/c1-32(15-9-20(33)22(35)21(34)10-15)23(36)19-11-18-17(31-19)3-2-16(30-18)13-4-6-29-14(8-13)12-28-7-5-24(25,26)27;/h2-4,6,8-11,28,31,33-35H,5,7,12H2,1H3;1H. The van der Waals surface area contributed by atoms with Gasteiger partial charge in [-0.25, -0.2) is 4.98 Å². The number of hydrogen-bond acceptors (Lipinski definition) is 7. The molecule has 13 heteroatoms. The topological polar surface area (TPSA) is 135 Å². The minimum Gasteiger partial charge on any atom is -0.504 e. The molecule has 0 radical (unpaired) electrons. The number of phenolic OH excluding ortho intramolecular Hbond substituents is 3. The van der Waals surface area contributed by atoms with Crippen molar-refractivity contribution in [1.82, 2.24) is 20.3 Å². The van der Waals surface area contributed by atoms with Crippen LogP contribution in [-0.2, 0) is 6.54 Å². The molecule has 196 valence electrons. The number of carbonyl (C=O) groups is 1. The van der Waals surface area contributed by atoms with Crippen LogP contribution in [0.25, 0.3) is 22.3 Å². The minimum absolute atomic E-state index is 0. The van der Waals surface area contributed by atoms with Crippen LogP contribution < -0.4 is 10.2 Å². The molecular weight excluding hydrogens is 559 g/mol. The third-order valence-electron chi connectivity index (χ3n) is 5.46. The van der Waals surface area contributed by atoms with Crippen LogP contribution in [0.15, 0.2) is 48.7 Å². The number of alkyl halides is 3. The van der Waals surface area contributed by atoms with E-state index >= 15 is 0 Å². The molecule has 37 heavy (non-hydrogen) atoms. The predicted octanol–water partition coefficient (Wildman–Crippen LogP) is 4.64. The lowest BCUT2D eigenvalue weighted by Gasteiger charge is -2.17. The van der Waals surface area contributed by atoms with Gasteiger partial charge in [0.2, 0.25) is 0 Å². The molecule has 0 saturated heterocycles. The van der Waals surface area contributed by atoms with Crippen LogP contribution in [0, 0.1) is 0 Å². The van der Waals surface area contributed by atoms with Gasteiger partial charge in [0.1, 0.15) is 5.69 Å². The zero-order valence-corrected chi connectivity index (χ0v) is 21.1. The Hall–Kier alpha value is -3.84. The van der Waals surface area contributed by atoms with Crippen LogP contribution in [0.1, 0.15) is 22.6 Å². The molecule has 0 aliphatic carbocycles. The number of amides is 1. The molecule has 0 fully saturated rings. The molecule has 0 bridgehead atoms. The van der Waals surface area contributed by atoms with Crippen LogP contribution in [0.5, 0.6) is 17.2 Å². The van der Waals surface area contributed by atoms with Crippen LogP contribution in [-0.4, -0.2) is 55.9 Å². The van der Waals surface area contributed by atoms with Gasteiger partial charge in [-0.15, -0.1) is 17.0 Å². The van der Waals surface area contributed by atoms with E-state index in [-0.39, 0.29) is 41.5 Å². The van der Waals surface area contributed by atoms with Gasteiger partial charge in [0, 0.05) is 44.0 Å². The summed E-state index contributed by atoms with van der Waals surface area (Å²) >= 11 is 0. The first-order valence-electron chi connectivity index (χ1n) is 10.8. The highest BCUT2D eigenvalue weighted by atomic mass is 79.9. The number of carbonyl (C=O) groups excluding carboxylic acids is 1. The summed E-state index contributed by atoms with van der Waals surface area (Å²) in [7, 11) is 1.44. The van der Waals surface area contributed by atoms with Gasteiger partial charge in [-0.3, -0.25) is 9.78 Å². The van der Waals surface area contributed by atoms with E-state index in [1.807, 2.05) is 0 Å².